The van der Waals surface area contributed by atoms with Crippen LogP contribution < -0.4 is 10.6 Å². The van der Waals surface area contributed by atoms with Gasteiger partial charge in [-0.25, -0.2) is 4.79 Å². The predicted molar refractivity (Wildman–Crippen MR) is 90.8 cm³/mol. The molecule has 0 bridgehead atoms. The number of amides is 2. The summed E-state index contributed by atoms with van der Waals surface area (Å²) in [6.45, 7) is 3.66. The van der Waals surface area contributed by atoms with Gasteiger partial charge in [0.1, 0.15) is 11.9 Å². The zero-order valence-electron chi connectivity index (χ0n) is 14.1. The minimum absolute atomic E-state index is 0.234. The molecule has 3 rings (SSSR count). The summed E-state index contributed by atoms with van der Waals surface area (Å²) in [5.74, 6) is 1.13. The standard InChI is InChI=1S/C17H21N5O3/c1-11(10-13(23)14-6-5-9-25-14)18-17(24)19-12(2)16-21-20-15-7-3-4-8-22(15)16/h3-9,11-13,23H,10H2,1-2H3,(H2,18,19,24)/t11-,12-,13-/m1/s1. The smallest absolute Gasteiger partial charge is 0.315 e. The van der Waals surface area contributed by atoms with Crippen LogP contribution in [0.15, 0.2) is 47.2 Å². The average molecular weight is 343 g/mol. The van der Waals surface area contributed by atoms with Crippen molar-refractivity contribution in [2.75, 3.05) is 0 Å². The molecule has 3 atom stereocenters. The summed E-state index contributed by atoms with van der Waals surface area (Å²) in [6, 6.07) is 8.14. The van der Waals surface area contributed by atoms with Gasteiger partial charge in [-0.15, -0.1) is 10.2 Å². The largest absolute Gasteiger partial charge is 0.467 e. The van der Waals surface area contributed by atoms with Gasteiger partial charge in [0, 0.05) is 18.7 Å². The lowest BCUT2D eigenvalue weighted by molar-refractivity contribution is 0.129. The van der Waals surface area contributed by atoms with Crippen molar-refractivity contribution in [3.8, 4) is 0 Å². The number of furan rings is 1. The summed E-state index contributed by atoms with van der Waals surface area (Å²) >= 11 is 0. The van der Waals surface area contributed by atoms with E-state index in [0.717, 1.165) is 5.65 Å². The number of carbonyl (C=O) groups is 1. The predicted octanol–water partition coefficient (Wildman–Crippen LogP) is 2.19. The third-order valence-electron chi connectivity index (χ3n) is 3.90. The Morgan fingerprint density at radius 2 is 2.08 bits per heavy atom. The number of fused-ring (bicyclic) bond motifs is 1. The first-order chi connectivity index (χ1) is 12.0. The number of carbonyl (C=O) groups excluding carboxylic acids is 1. The van der Waals surface area contributed by atoms with E-state index < -0.39 is 6.10 Å². The van der Waals surface area contributed by atoms with E-state index in [2.05, 4.69) is 20.8 Å². The molecular weight excluding hydrogens is 322 g/mol. The highest BCUT2D eigenvalue weighted by Gasteiger charge is 2.19. The summed E-state index contributed by atoms with van der Waals surface area (Å²) in [5.41, 5.74) is 0.724. The summed E-state index contributed by atoms with van der Waals surface area (Å²) in [7, 11) is 0. The Kier molecular flexibility index (Phi) is 4.99. The quantitative estimate of drug-likeness (QED) is 0.636. The number of urea groups is 1. The van der Waals surface area contributed by atoms with E-state index in [1.807, 2.05) is 42.6 Å². The molecule has 25 heavy (non-hydrogen) atoms. The molecule has 0 fully saturated rings. The Morgan fingerprint density at radius 3 is 2.84 bits per heavy atom. The first-order valence-corrected chi connectivity index (χ1v) is 8.12. The number of pyridine rings is 1. The lowest BCUT2D eigenvalue weighted by atomic mass is 10.1. The van der Waals surface area contributed by atoms with E-state index >= 15 is 0 Å². The Hall–Kier alpha value is -2.87. The minimum atomic E-state index is -0.761. The number of nitrogens with one attached hydrogen (secondary N) is 2. The second-order valence-corrected chi connectivity index (χ2v) is 5.99. The van der Waals surface area contributed by atoms with Gasteiger partial charge in [0.25, 0.3) is 0 Å². The second-order valence-electron chi connectivity index (χ2n) is 5.99. The molecule has 132 valence electrons. The van der Waals surface area contributed by atoms with Crippen LogP contribution in [0.5, 0.6) is 0 Å². The third kappa shape index (κ3) is 3.97. The van der Waals surface area contributed by atoms with Gasteiger partial charge >= 0.3 is 6.03 Å². The molecule has 0 aliphatic rings. The number of aromatic nitrogens is 3. The molecule has 0 unspecified atom stereocenters. The van der Waals surface area contributed by atoms with Crippen LogP contribution in [0.1, 0.15) is 44.0 Å². The van der Waals surface area contributed by atoms with Crippen molar-refractivity contribution in [2.24, 2.45) is 0 Å². The lowest BCUT2D eigenvalue weighted by Crippen LogP contribution is -2.42. The first kappa shape index (κ1) is 17.0. The highest BCUT2D eigenvalue weighted by molar-refractivity contribution is 5.74. The van der Waals surface area contributed by atoms with Crippen molar-refractivity contribution in [3.63, 3.8) is 0 Å². The molecule has 0 aliphatic heterocycles. The minimum Gasteiger partial charge on any atom is -0.467 e. The first-order valence-electron chi connectivity index (χ1n) is 8.12. The molecule has 0 saturated carbocycles. The highest BCUT2D eigenvalue weighted by atomic mass is 16.4. The molecular formula is C17H21N5O3. The molecule has 3 aromatic heterocycles. The molecule has 0 aromatic carbocycles. The van der Waals surface area contributed by atoms with Crippen LogP contribution >= 0.6 is 0 Å². The Morgan fingerprint density at radius 1 is 1.24 bits per heavy atom. The van der Waals surface area contributed by atoms with E-state index in [0.29, 0.717) is 18.0 Å². The summed E-state index contributed by atoms with van der Waals surface area (Å²) in [6.07, 6.45) is 2.95. The molecule has 0 aliphatic carbocycles. The van der Waals surface area contributed by atoms with Crippen molar-refractivity contribution >= 4 is 11.7 Å². The van der Waals surface area contributed by atoms with Gasteiger partial charge in [-0.1, -0.05) is 6.07 Å². The van der Waals surface area contributed by atoms with Crippen molar-refractivity contribution in [1.82, 2.24) is 25.2 Å². The average Bonchev–Trinajstić information content (AvgIpc) is 3.24. The molecule has 8 nitrogen and oxygen atoms in total. The summed E-state index contributed by atoms with van der Waals surface area (Å²) < 4.78 is 6.99. The molecule has 3 N–H and O–H groups in total. The fourth-order valence-electron chi connectivity index (χ4n) is 2.67. The van der Waals surface area contributed by atoms with Gasteiger partial charge in [0.05, 0.1) is 12.3 Å². The van der Waals surface area contributed by atoms with Crippen LogP contribution in [0.25, 0.3) is 5.65 Å². The van der Waals surface area contributed by atoms with E-state index in [4.69, 9.17) is 4.42 Å². The van der Waals surface area contributed by atoms with Gasteiger partial charge in [0.15, 0.2) is 11.5 Å². The van der Waals surface area contributed by atoms with Crippen LogP contribution in [0, 0.1) is 0 Å². The van der Waals surface area contributed by atoms with Crippen LogP contribution in [-0.2, 0) is 0 Å². The fourth-order valence-corrected chi connectivity index (χ4v) is 2.67. The topological polar surface area (TPSA) is 105 Å². The molecule has 3 aromatic rings. The number of nitrogens with zero attached hydrogens (tertiary/aromatic N) is 3. The van der Waals surface area contributed by atoms with Crippen molar-refractivity contribution < 1.29 is 14.3 Å². The van der Waals surface area contributed by atoms with Gasteiger partial charge in [-0.05, 0) is 38.1 Å². The Labute approximate surface area is 144 Å². The second kappa shape index (κ2) is 7.35. The maximum atomic E-state index is 12.2. The maximum Gasteiger partial charge on any atom is 0.315 e. The highest BCUT2D eigenvalue weighted by Crippen LogP contribution is 2.18. The maximum absolute atomic E-state index is 12.2. The van der Waals surface area contributed by atoms with Crippen LogP contribution in [0.3, 0.4) is 0 Å². The molecule has 3 heterocycles. The monoisotopic (exact) mass is 343 g/mol. The normalized spacial score (nSPS) is 14.8. The van der Waals surface area contributed by atoms with Crippen molar-refractivity contribution in [1.29, 1.82) is 0 Å². The number of hydrogen-bond acceptors (Lipinski definition) is 5. The molecule has 0 saturated heterocycles. The molecule has 2 amide bonds. The van der Waals surface area contributed by atoms with Crippen LogP contribution in [0.2, 0.25) is 0 Å². The fraction of sp³-hybridized carbons (Fsp3) is 0.353. The van der Waals surface area contributed by atoms with Crippen LogP contribution in [0.4, 0.5) is 4.79 Å². The number of hydrogen-bond donors (Lipinski definition) is 3. The van der Waals surface area contributed by atoms with Gasteiger partial charge in [0.2, 0.25) is 0 Å². The SMILES string of the molecule is C[C@H](C[C@@H](O)c1ccco1)NC(=O)N[C@H](C)c1nnc2ccccn12. The van der Waals surface area contributed by atoms with Crippen molar-refractivity contribution in [3.05, 3.63) is 54.4 Å². The third-order valence-corrected chi connectivity index (χ3v) is 3.90. The van der Waals surface area contributed by atoms with Crippen molar-refractivity contribution in [2.45, 2.75) is 38.5 Å². The summed E-state index contributed by atoms with van der Waals surface area (Å²) in [4.78, 5) is 12.2. The van der Waals surface area contributed by atoms with Gasteiger partial charge < -0.3 is 20.2 Å². The zero-order valence-corrected chi connectivity index (χ0v) is 14.1. The number of aliphatic hydroxyl groups excluding tert-OH is 1. The lowest BCUT2D eigenvalue weighted by Gasteiger charge is -2.19. The van der Waals surface area contributed by atoms with Crippen LogP contribution in [-0.4, -0.2) is 31.8 Å². The molecule has 0 spiro atoms. The summed E-state index contributed by atoms with van der Waals surface area (Å²) in [5, 5.41) is 23.9. The Bertz CT molecular complexity index is 830. The van der Waals surface area contributed by atoms with Gasteiger partial charge in [-0.2, -0.15) is 0 Å². The Balaban J connectivity index is 1.55. The van der Waals surface area contributed by atoms with E-state index in [1.165, 1.54) is 6.26 Å². The molecule has 0 radical (unpaired) electrons. The zero-order chi connectivity index (χ0) is 17.8. The van der Waals surface area contributed by atoms with E-state index in [1.54, 1.807) is 12.1 Å². The van der Waals surface area contributed by atoms with E-state index in [9.17, 15) is 9.90 Å². The molecule has 8 heteroatoms. The van der Waals surface area contributed by atoms with Gasteiger partial charge in [-0.3, -0.25) is 4.40 Å². The van der Waals surface area contributed by atoms with E-state index in [-0.39, 0.29) is 18.1 Å². The number of rotatable bonds is 6. The number of aliphatic hydroxyl groups is 1.